The summed E-state index contributed by atoms with van der Waals surface area (Å²) in [5.74, 6) is 0.250. The minimum absolute atomic E-state index is 0.0602. The van der Waals surface area contributed by atoms with Gasteiger partial charge in [-0.05, 0) is 0 Å². The lowest BCUT2D eigenvalue weighted by Crippen LogP contribution is -2.14. The number of anilines is 2. The summed E-state index contributed by atoms with van der Waals surface area (Å²) in [6.07, 6.45) is 1.41. The number of nitrogens with two attached hydrogens (primary N) is 2. The molecule has 0 aliphatic heterocycles. The fourth-order valence-electron chi connectivity index (χ4n) is 0.968. The van der Waals surface area contributed by atoms with Crippen molar-refractivity contribution in [1.82, 2.24) is 19.9 Å². The molecule has 0 saturated carbocycles. The third-order valence-corrected chi connectivity index (χ3v) is 1.53. The van der Waals surface area contributed by atoms with Crippen LogP contribution in [0.25, 0.3) is 11.0 Å². The number of hydrogen-bond donors (Lipinski definition) is 3. The van der Waals surface area contributed by atoms with E-state index in [1.54, 1.807) is 0 Å². The zero-order valence-corrected chi connectivity index (χ0v) is 6.48. The van der Waals surface area contributed by atoms with Gasteiger partial charge in [0.05, 0.1) is 5.39 Å². The van der Waals surface area contributed by atoms with E-state index < -0.39 is 5.69 Å². The molecule has 0 aromatic carbocycles. The first-order valence-corrected chi connectivity index (χ1v) is 3.45. The SMILES string of the molecule is Nc1ncc2c(N)[nH]c(=O)nc2n1. The standard InChI is InChI=1S/C6H6N6O/c7-3-2-1-9-5(8)11-4(2)12-6(13)10-3/h1H,(H5,7,8,9,10,11,12,13). The molecule has 0 aliphatic carbocycles. The van der Waals surface area contributed by atoms with Crippen LogP contribution < -0.4 is 17.2 Å². The van der Waals surface area contributed by atoms with Gasteiger partial charge < -0.3 is 11.5 Å². The lowest BCUT2D eigenvalue weighted by atomic mass is 10.4. The first-order chi connectivity index (χ1) is 6.16. The lowest BCUT2D eigenvalue weighted by Gasteiger charge is -1.98. The molecule has 7 heteroatoms. The summed E-state index contributed by atoms with van der Waals surface area (Å²) < 4.78 is 0. The molecular weight excluding hydrogens is 172 g/mol. The molecule has 0 aliphatic rings. The Kier molecular flexibility index (Phi) is 1.38. The predicted molar refractivity (Wildman–Crippen MR) is 46.8 cm³/mol. The van der Waals surface area contributed by atoms with E-state index in [1.165, 1.54) is 6.20 Å². The number of aromatic amines is 1. The van der Waals surface area contributed by atoms with Gasteiger partial charge in [0, 0.05) is 6.20 Å². The summed E-state index contributed by atoms with van der Waals surface area (Å²) in [4.78, 5) is 24.2. The Morgan fingerprint density at radius 2 is 2.08 bits per heavy atom. The monoisotopic (exact) mass is 178 g/mol. The van der Waals surface area contributed by atoms with Crippen LogP contribution in [0.1, 0.15) is 0 Å². The summed E-state index contributed by atoms with van der Waals surface area (Å²) in [6, 6.07) is 0. The number of nitrogens with zero attached hydrogens (tertiary/aromatic N) is 3. The fourth-order valence-corrected chi connectivity index (χ4v) is 0.968. The van der Waals surface area contributed by atoms with Crippen molar-refractivity contribution in [1.29, 1.82) is 0 Å². The van der Waals surface area contributed by atoms with Crippen LogP contribution in [0.5, 0.6) is 0 Å². The molecule has 5 N–H and O–H groups in total. The fraction of sp³-hybridized carbons (Fsp3) is 0. The number of nitrogens with one attached hydrogen (secondary N) is 1. The van der Waals surface area contributed by atoms with E-state index >= 15 is 0 Å². The van der Waals surface area contributed by atoms with Crippen molar-refractivity contribution in [3.05, 3.63) is 16.7 Å². The zero-order chi connectivity index (χ0) is 9.42. The maximum atomic E-state index is 10.9. The zero-order valence-electron chi connectivity index (χ0n) is 6.48. The van der Waals surface area contributed by atoms with Crippen LogP contribution in [0.2, 0.25) is 0 Å². The molecule has 0 spiro atoms. The van der Waals surface area contributed by atoms with Crippen molar-refractivity contribution in [2.24, 2.45) is 0 Å². The quantitative estimate of drug-likeness (QED) is 0.469. The van der Waals surface area contributed by atoms with E-state index in [9.17, 15) is 4.79 Å². The maximum absolute atomic E-state index is 10.9. The smallest absolute Gasteiger partial charge is 0.348 e. The largest absolute Gasteiger partial charge is 0.384 e. The molecule has 2 heterocycles. The molecule has 2 aromatic heterocycles. The number of rotatable bonds is 0. The Morgan fingerprint density at radius 3 is 2.85 bits per heavy atom. The predicted octanol–water partition coefficient (Wildman–Crippen LogP) is -1.12. The summed E-state index contributed by atoms with van der Waals surface area (Å²) >= 11 is 0. The first kappa shape index (κ1) is 7.47. The molecule has 66 valence electrons. The van der Waals surface area contributed by atoms with Crippen molar-refractivity contribution in [3.8, 4) is 0 Å². The second-order valence-electron chi connectivity index (χ2n) is 2.42. The highest BCUT2D eigenvalue weighted by Crippen LogP contribution is 2.11. The van der Waals surface area contributed by atoms with Gasteiger partial charge in [-0.25, -0.2) is 9.78 Å². The molecule has 13 heavy (non-hydrogen) atoms. The second kappa shape index (κ2) is 2.41. The van der Waals surface area contributed by atoms with Gasteiger partial charge >= 0.3 is 5.69 Å². The van der Waals surface area contributed by atoms with Crippen LogP contribution >= 0.6 is 0 Å². The highest BCUT2D eigenvalue weighted by molar-refractivity contribution is 5.84. The molecule has 0 bridgehead atoms. The van der Waals surface area contributed by atoms with Gasteiger partial charge in [0.15, 0.2) is 5.65 Å². The summed E-state index contributed by atoms with van der Waals surface area (Å²) in [5.41, 5.74) is 10.4. The summed E-state index contributed by atoms with van der Waals surface area (Å²) in [5, 5.41) is 0.480. The highest BCUT2D eigenvalue weighted by Gasteiger charge is 2.03. The third kappa shape index (κ3) is 1.15. The molecule has 0 atom stereocenters. The second-order valence-corrected chi connectivity index (χ2v) is 2.42. The molecule has 0 saturated heterocycles. The normalized spacial score (nSPS) is 10.5. The lowest BCUT2D eigenvalue weighted by molar-refractivity contribution is 1.09. The van der Waals surface area contributed by atoms with E-state index in [2.05, 4.69) is 19.9 Å². The highest BCUT2D eigenvalue weighted by atomic mass is 16.1. The van der Waals surface area contributed by atoms with Gasteiger partial charge in [-0.1, -0.05) is 0 Å². The molecule has 0 radical (unpaired) electrons. The Labute approximate surface area is 71.8 Å². The molecule has 0 fully saturated rings. The maximum Gasteiger partial charge on any atom is 0.348 e. The number of nitrogen functional groups attached to an aromatic ring is 2. The van der Waals surface area contributed by atoms with Crippen molar-refractivity contribution in [2.45, 2.75) is 0 Å². The Morgan fingerprint density at radius 1 is 1.31 bits per heavy atom. The molecule has 2 rings (SSSR count). The number of hydrogen-bond acceptors (Lipinski definition) is 6. The van der Waals surface area contributed by atoms with Crippen LogP contribution in [0.4, 0.5) is 11.8 Å². The molecule has 7 nitrogen and oxygen atoms in total. The van der Waals surface area contributed by atoms with Crippen LogP contribution in [0.3, 0.4) is 0 Å². The van der Waals surface area contributed by atoms with Crippen LogP contribution in [-0.4, -0.2) is 19.9 Å². The summed E-state index contributed by atoms with van der Waals surface area (Å²) in [7, 11) is 0. The number of aromatic nitrogens is 4. The van der Waals surface area contributed by atoms with Gasteiger partial charge in [0.25, 0.3) is 0 Å². The van der Waals surface area contributed by atoms with E-state index in [1.807, 2.05) is 0 Å². The van der Waals surface area contributed by atoms with Crippen molar-refractivity contribution in [3.63, 3.8) is 0 Å². The number of fused-ring (bicyclic) bond motifs is 1. The Balaban J connectivity index is 2.94. The first-order valence-electron chi connectivity index (χ1n) is 3.45. The molecule has 0 amide bonds. The Hall–Kier alpha value is -2.18. The third-order valence-electron chi connectivity index (χ3n) is 1.53. The molecular formula is C6H6N6O. The minimum Gasteiger partial charge on any atom is -0.384 e. The van der Waals surface area contributed by atoms with Gasteiger partial charge in [-0.2, -0.15) is 9.97 Å². The van der Waals surface area contributed by atoms with E-state index in [-0.39, 0.29) is 17.4 Å². The topological polar surface area (TPSA) is 124 Å². The average Bonchev–Trinajstić information content (AvgIpc) is 2.02. The summed E-state index contributed by atoms with van der Waals surface area (Å²) in [6.45, 7) is 0. The van der Waals surface area contributed by atoms with Crippen molar-refractivity contribution in [2.75, 3.05) is 11.5 Å². The van der Waals surface area contributed by atoms with Crippen LogP contribution in [-0.2, 0) is 0 Å². The Bertz CT molecular complexity index is 518. The van der Waals surface area contributed by atoms with Crippen molar-refractivity contribution < 1.29 is 0 Å². The molecule has 0 unspecified atom stereocenters. The van der Waals surface area contributed by atoms with Crippen LogP contribution in [0.15, 0.2) is 11.0 Å². The average molecular weight is 178 g/mol. The van der Waals surface area contributed by atoms with Gasteiger partial charge in [-0.15, -0.1) is 0 Å². The van der Waals surface area contributed by atoms with Gasteiger partial charge in [0.1, 0.15) is 5.82 Å². The van der Waals surface area contributed by atoms with E-state index in [0.717, 1.165) is 0 Å². The minimum atomic E-state index is -0.553. The van der Waals surface area contributed by atoms with E-state index in [4.69, 9.17) is 11.5 Å². The van der Waals surface area contributed by atoms with Gasteiger partial charge in [0.2, 0.25) is 5.95 Å². The van der Waals surface area contributed by atoms with E-state index in [0.29, 0.717) is 5.39 Å². The van der Waals surface area contributed by atoms with Crippen LogP contribution in [0, 0.1) is 0 Å². The van der Waals surface area contributed by atoms with Gasteiger partial charge in [-0.3, -0.25) is 4.98 Å². The molecule has 2 aromatic rings. The number of H-pyrrole nitrogens is 1. The van der Waals surface area contributed by atoms with Crippen molar-refractivity contribution >= 4 is 22.8 Å².